The summed E-state index contributed by atoms with van der Waals surface area (Å²) in [6, 6.07) is 2.24. The summed E-state index contributed by atoms with van der Waals surface area (Å²) in [5, 5.41) is 12.5. The SMILES string of the molecule is O=C(Nc1c([N+](=O)[O-])ccc(F)c1F)c1ccncc1F. The van der Waals surface area contributed by atoms with Crippen LogP contribution in [0.25, 0.3) is 0 Å². The van der Waals surface area contributed by atoms with E-state index in [9.17, 15) is 28.1 Å². The number of nitro benzene ring substituents is 1. The Bertz CT molecular complexity index is 737. The van der Waals surface area contributed by atoms with E-state index in [0.29, 0.717) is 12.1 Å². The number of nitrogens with one attached hydrogen (secondary N) is 1. The zero-order chi connectivity index (χ0) is 15.6. The van der Waals surface area contributed by atoms with Crippen molar-refractivity contribution in [3.05, 3.63) is 63.7 Å². The molecular formula is C12H6F3N3O3. The Hall–Kier alpha value is -2.97. The van der Waals surface area contributed by atoms with Gasteiger partial charge in [0.1, 0.15) is 0 Å². The molecule has 0 spiro atoms. The van der Waals surface area contributed by atoms with Crippen molar-refractivity contribution in [3.8, 4) is 0 Å². The van der Waals surface area contributed by atoms with Gasteiger partial charge in [0.25, 0.3) is 11.6 Å². The lowest BCUT2D eigenvalue weighted by Crippen LogP contribution is -2.16. The molecular weight excluding hydrogens is 291 g/mol. The van der Waals surface area contributed by atoms with Gasteiger partial charge >= 0.3 is 0 Å². The summed E-state index contributed by atoms with van der Waals surface area (Å²) in [6.45, 7) is 0. The fourth-order valence-electron chi connectivity index (χ4n) is 1.55. The minimum Gasteiger partial charge on any atom is -0.314 e. The fraction of sp³-hybridized carbons (Fsp3) is 0. The average Bonchev–Trinajstić information content (AvgIpc) is 2.44. The van der Waals surface area contributed by atoms with Gasteiger partial charge in [0.15, 0.2) is 23.1 Å². The molecule has 1 heterocycles. The van der Waals surface area contributed by atoms with Crippen molar-refractivity contribution < 1.29 is 22.9 Å². The van der Waals surface area contributed by atoms with Crippen molar-refractivity contribution in [3.63, 3.8) is 0 Å². The predicted molar refractivity (Wildman–Crippen MR) is 65.2 cm³/mol. The van der Waals surface area contributed by atoms with E-state index >= 15 is 0 Å². The van der Waals surface area contributed by atoms with E-state index in [2.05, 4.69) is 4.98 Å². The van der Waals surface area contributed by atoms with E-state index in [1.54, 1.807) is 5.32 Å². The van der Waals surface area contributed by atoms with Crippen LogP contribution in [0, 0.1) is 27.6 Å². The molecule has 2 aromatic rings. The maximum Gasteiger partial charge on any atom is 0.296 e. The van der Waals surface area contributed by atoms with Crippen LogP contribution in [0.2, 0.25) is 0 Å². The van der Waals surface area contributed by atoms with E-state index in [0.717, 1.165) is 18.5 Å². The van der Waals surface area contributed by atoms with Crippen LogP contribution in [0.15, 0.2) is 30.6 Å². The number of pyridine rings is 1. The first-order valence-electron chi connectivity index (χ1n) is 5.45. The van der Waals surface area contributed by atoms with E-state index in [1.807, 2.05) is 0 Å². The lowest BCUT2D eigenvalue weighted by molar-refractivity contribution is -0.384. The molecule has 0 saturated heterocycles. The van der Waals surface area contributed by atoms with Crippen molar-refractivity contribution in [2.45, 2.75) is 0 Å². The smallest absolute Gasteiger partial charge is 0.296 e. The molecule has 1 aromatic carbocycles. The zero-order valence-electron chi connectivity index (χ0n) is 10.1. The van der Waals surface area contributed by atoms with Gasteiger partial charge in [-0.15, -0.1) is 0 Å². The molecule has 6 nitrogen and oxygen atoms in total. The highest BCUT2D eigenvalue weighted by Gasteiger charge is 2.24. The van der Waals surface area contributed by atoms with E-state index in [4.69, 9.17) is 0 Å². The standard InChI is InChI=1S/C12H6F3N3O3/c13-7-1-2-9(18(20)21)11(10(7)15)17-12(19)6-3-4-16-5-8(6)14/h1-5H,(H,17,19). The second-order valence-electron chi connectivity index (χ2n) is 3.82. The van der Waals surface area contributed by atoms with Gasteiger partial charge in [-0.3, -0.25) is 19.9 Å². The third-order valence-corrected chi connectivity index (χ3v) is 2.53. The van der Waals surface area contributed by atoms with Gasteiger partial charge in [-0.25, -0.2) is 13.2 Å². The maximum absolute atomic E-state index is 13.6. The second kappa shape index (κ2) is 5.57. The molecule has 1 amide bonds. The summed E-state index contributed by atoms with van der Waals surface area (Å²) in [4.78, 5) is 24.9. The van der Waals surface area contributed by atoms with Gasteiger partial charge in [0.2, 0.25) is 0 Å². The molecule has 1 N–H and O–H groups in total. The number of rotatable bonds is 3. The fourth-order valence-corrected chi connectivity index (χ4v) is 1.55. The van der Waals surface area contributed by atoms with Crippen molar-refractivity contribution in [2.75, 3.05) is 5.32 Å². The Morgan fingerprint density at radius 1 is 1.19 bits per heavy atom. The maximum atomic E-state index is 13.6. The van der Waals surface area contributed by atoms with Crippen LogP contribution in [-0.4, -0.2) is 15.8 Å². The number of nitro groups is 1. The molecule has 0 fully saturated rings. The van der Waals surface area contributed by atoms with Crippen LogP contribution in [-0.2, 0) is 0 Å². The number of hydrogen-bond acceptors (Lipinski definition) is 4. The predicted octanol–water partition coefficient (Wildman–Crippen LogP) is 2.66. The number of halogens is 3. The van der Waals surface area contributed by atoms with Crippen molar-refractivity contribution in [2.24, 2.45) is 0 Å². The molecule has 9 heteroatoms. The molecule has 21 heavy (non-hydrogen) atoms. The summed E-state index contributed by atoms with van der Waals surface area (Å²) in [5.74, 6) is -5.16. The van der Waals surface area contributed by atoms with Crippen molar-refractivity contribution >= 4 is 17.3 Å². The Kier molecular flexibility index (Phi) is 3.83. The van der Waals surface area contributed by atoms with Crippen molar-refractivity contribution in [1.82, 2.24) is 4.98 Å². The zero-order valence-corrected chi connectivity index (χ0v) is 10.1. The van der Waals surface area contributed by atoms with Gasteiger partial charge in [0, 0.05) is 12.3 Å². The van der Waals surface area contributed by atoms with E-state index in [-0.39, 0.29) is 0 Å². The van der Waals surface area contributed by atoms with Gasteiger partial charge in [-0.05, 0) is 12.1 Å². The van der Waals surface area contributed by atoms with Crippen LogP contribution in [0.1, 0.15) is 10.4 Å². The average molecular weight is 297 g/mol. The molecule has 0 aliphatic carbocycles. The van der Waals surface area contributed by atoms with Gasteiger partial charge in [-0.2, -0.15) is 0 Å². The van der Waals surface area contributed by atoms with Gasteiger partial charge in [0.05, 0.1) is 16.7 Å². The van der Waals surface area contributed by atoms with Crippen LogP contribution < -0.4 is 5.32 Å². The molecule has 0 radical (unpaired) electrons. The van der Waals surface area contributed by atoms with Crippen LogP contribution in [0.5, 0.6) is 0 Å². The lowest BCUT2D eigenvalue weighted by atomic mass is 10.2. The Balaban J connectivity index is 2.44. The number of carbonyl (C=O) groups is 1. The number of amides is 1. The summed E-state index contributed by atoms with van der Waals surface area (Å²) in [7, 11) is 0. The van der Waals surface area contributed by atoms with Crippen LogP contribution in [0.4, 0.5) is 24.5 Å². The monoisotopic (exact) mass is 297 g/mol. The Morgan fingerprint density at radius 2 is 1.90 bits per heavy atom. The number of hydrogen-bond donors (Lipinski definition) is 1. The molecule has 0 atom stereocenters. The molecule has 0 bridgehead atoms. The molecule has 0 unspecified atom stereocenters. The molecule has 2 rings (SSSR count). The van der Waals surface area contributed by atoms with Gasteiger partial charge < -0.3 is 5.32 Å². The lowest BCUT2D eigenvalue weighted by Gasteiger charge is -2.08. The minimum absolute atomic E-state index is 0.511. The van der Waals surface area contributed by atoms with Crippen LogP contribution in [0.3, 0.4) is 0 Å². The first-order chi connectivity index (χ1) is 9.91. The minimum atomic E-state index is -1.60. The van der Waals surface area contributed by atoms with Gasteiger partial charge in [-0.1, -0.05) is 0 Å². The number of anilines is 1. The number of aromatic nitrogens is 1. The topological polar surface area (TPSA) is 85.1 Å². The first kappa shape index (κ1) is 14.4. The highest BCUT2D eigenvalue weighted by atomic mass is 19.2. The molecule has 108 valence electrons. The normalized spacial score (nSPS) is 10.2. The van der Waals surface area contributed by atoms with E-state index in [1.165, 1.54) is 0 Å². The molecule has 0 saturated carbocycles. The second-order valence-corrected chi connectivity index (χ2v) is 3.82. The van der Waals surface area contributed by atoms with Crippen LogP contribution >= 0.6 is 0 Å². The van der Waals surface area contributed by atoms with Crippen molar-refractivity contribution in [1.29, 1.82) is 0 Å². The first-order valence-corrected chi connectivity index (χ1v) is 5.45. The molecule has 0 aliphatic heterocycles. The summed E-state index contributed by atoms with van der Waals surface area (Å²) in [5.41, 5.74) is -2.33. The Morgan fingerprint density at radius 3 is 2.52 bits per heavy atom. The van der Waals surface area contributed by atoms with E-state index < -0.39 is 45.2 Å². The third-order valence-electron chi connectivity index (χ3n) is 2.53. The number of benzene rings is 1. The Labute approximate surface area is 115 Å². The highest BCUT2D eigenvalue weighted by Crippen LogP contribution is 2.29. The number of carbonyl (C=O) groups excluding carboxylic acids is 1. The summed E-state index contributed by atoms with van der Waals surface area (Å²) in [6.07, 6.45) is 1.85. The summed E-state index contributed by atoms with van der Waals surface area (Å²) < 4.78 is 40.1. The third kappa shape index (κ3) is 2.81. The molecule has 1 aromatic heterocycles. The number of nitrogens with zero attached hydrogens (tertiary/aromatic N) is 2. The quantitative estimate of drug-likeness (QED) is 0.697. The largest absolute Gasteiger partial charge is 0.314 e. The highest BCUT2D eigenvalue weighted by molar-refractivity contribution is 6.05. The molecule has 0 aliphatic rings. The summed E-state index contributed by atoms with van der Waals surface area (Å²) >= 11 is 0.